The maximum atomic E-state index is 13.3. The third kappa shape index (κ3) is 5.50. The summed E-state index contributed by atoms with van der Waals surface area (Å²) in [7, 11) is 0. The van der Waals surface area contributed by atoms with Crippen LogP contribution in [0.4, 0.5) is 24.7 Å². The van der Waals surface area contributed by atoms with Crippen LogP contribution in [-0.2, 0) is 6.18 Å². The van der Waals surface area contributed by atoms with Crippen molar-refractivity contribution in [1.29, 1.82) is 0 Å². The zero-order valence-corrected chi connectivity index (χ0v) is 18.8. The van der Waals surface area contributed by atoms with Crippen molar-refractivity contribution in [2.45, 2.75) is 6.18 Å². The fourth-order valence-corrected chi connectivity index (χ4v) is 3.52. The van der Waals surface area contributed by atoms with Gasteiger partial charge in [0, 0.05) is 35.3 Å². The lowest BCUT2D eigenvalue weighted by molar-refractivity contribution is -0.137. The quantitative estimate of drug-likeness (QED) is 0.267. The van der Waals surface area contributed by atoms with Gasteiger partial charge in [0.1, 0.15) is 17.3 Å². The van der Waals surface area contributed by atoms with Gasteiger partial charge in [0.2, 0.25) is 0 Å². The van der Waals surface area contributed by atoms with Crippen LogP contribution in [0.5, 0.6) is 11.5 Å². The number of benzene rings is 3. The Hall–Kier alpha value is -4.72. The summed E-state index contributed by atoms with van der Waals surface area (Å²) >= 11 is 0. The minimum atomic E-state index is -4.46. The maximum Gasteiger partial charge on any atom is 0.416 e. The molecule has 8 heteroatoms. The maximum absolute atomic E-state index is 13.3. The predicted octanol–water partition coefficient (Wildman–Crippen LogP) is 7.76. The summed E-state index contributed by atoms with van der Waals surface area (Å²) in [5, 5.41) is 3.21. The smallest absolute Gasteiger partial charge is 0.416 e. The predicted molar refractivity (Wildman–Crippen MR) is 132 cm³/mol. The van der Waals surface area contributed by atoms with E-state index in [2.05, 4.69) is 20.3 Å². The van der Waals surface area contributed by atoms with E-state index < -0.39 is 11.7 Å². The fourth-order valence-electron chi connectivity index (χ4n) is 3.52. The van der Waals surface area contributed by atoms with E-state index in [1.54, 1.807) is 36.7 Å². The monoisotopic (exact) mass is 484 g/mol. The number of nitrogens with one attached hydrogen (secondary N) is 1. The van der Waals surface area contributed by atoms with Crippen molar-refractivity contribution in [3.63, 3.8) is 0 Å². The van der Waals surface area contributed by atoms with Gasteiger partial charge in [-0.2, -0.15) is 13.2 Å². The van der Waals surface area contributed by atoms with Gasteiger partial charge in [-0.25, -0.2) is 9.97 Å². The molecule has 2 heterocycles. The molecular weight excluding hydrogens is 465 g/mol. The lowest BCUT2D eigenvalue weighted by atomic mass is 10.1. The van der Waals surface area contributed by atoms with E-state index >= 15 is 0 Å². The topological polar surface area (TPSA) is 59.9 Å². The molecule has 5 nitrogen and oxygen atoms in total. The summed E-state index contributed by atoms with van der Waals surface area (Å²) in [6.45, 7) is 0. The van der Waals surface area contributed by atoms with Crippen LogP contribution in [0.25, 0.3) is 22.6 Å². The Balaban J connectivity index is 1.47. The fraction of sp³-hybridized carbons (Fsp3) is 0.0357. The van der Waals surface area contributed by atoms with Crippen LogP contribution in [0.1, 0.15) is 5.56 Å². The highest BCUT2D eigenvalue weighted by Gasteiger charge is 2.30. The molecule has 0 fully saturated rings. The number of alkyl halides is 3. The van der Waals surface area contributed by atoms with Gasteiger partial charge in [-0.15, -0.1) is 0 Å². The summed E-state index contributed by atoms with van der Waals surface area (Å²) in [5.74, 6) is 2.15. The SMILES string of the molecule is FC(F)(F)c1cccc(-c2cc(Nc3ccc(Oc4ccccc4)cc3)nc(-c3cccnc3)n2)c1. The Labute approximate surface area is 205 Å². The average molecular weight is 484 g/mol. The molecule has 178 valence electrons. The van der Waals surface area contributed by atoms with Crippen molar-refractivity contribution in [2.24, 2.45) is 0 Å². The summed E-state index contributed by atoms with van der Waals surface area (Å²) < 4.78 is 45.7. The molecular formula is C28H19F3N4O. The van der Waals surface area contributed by atoms with Crippen molar-refractivity contribution in [2.75, 3.05) is 5.32 Å². The van der Waals surface area contributed by atoms with E-state index in [0.717, 1.165) is 23.6 Å². The standard InChI is InChI=1S/C28H19F3N4O/c29-28(30,31)21-8-4-6-19(16-21)25-17-26(35-27(34-25)20-7-5-15-32-18-20)33-22-11-13-24(14-12-22)36-23-9-2-1-3-10-23/h1-18H,(H,33,34,35). The van der Waals surface area contributed by atoms with Crippen LogP contribution in [0.2, 0.25) is 0 Å². The van der Waals surface area contributed by atoms with Crippen molar-refractivity contribution in [3.8, 4) is 34.1 Å². The van der Waals surface area contributed by atoms with E-state index in [-0.39, 0.29) is 0 Å². The van der Waals surface area contributed by atoms with Gasteiger partial charge >= 0.3 is 6.18 Å². The highest BCUT2D eigenvalue weighted by molar-refractivity contribution is 5.70. The molecule has 5 rings (SSSR count). The summed E-state index contributed by atoms with van der Waals surface area (Å²) in [5.41, 5.74) is 1.29. The highest BCUT2D eigenvalue weighted by Crippen LogP contribution is 2.33. The highest BCUT2D eigenvalue weighted by atomic mass is 19.4. The van der Waals surface area contributed by atoms with Crippen molar-refractivity contribution >= 4 is 11.5 Å². The van der Waals surface area contributed by atoms with Gasteiger partial charge in [0.05, 0.1) is 11.3 Å². The number of hydrogen-bond acceptors (Lipinski definition) is 5. The van der Waals surface area contributed by atoms with Crippen LogP contribution in [0.3, 0.4) is 0 Å². The van der Waals surface area contributed by atoms with Gasteiger partial charge in [0.25, 0.3) is 0 Å². The van der Waals surface area contributed by atoms with E-state index in [0.29, 0.717) is 34.2 Å². The summed E-state index contributed by atoms with van der Waals surface area (Å²) in [6.07, 6.45) is -1.23. The molecule has 2 aromatic heterocycles. The van der Waals surface area contributed by atoms with E-state index in [9.17, 15) is 13.2 Å². The van der Waals surface area contributed by atoms with Gasteiger partial charge < -0.3 is 10.1 Å². The van der Waals surface area contributed by atoms with E-state index in [1.807, 2.05) is 54.6 Å². The van der Waals surface area contributed by atoms with Crippen LogP contribution in [0.15, 0.2) is 109 Å². The molecule has 36 heavy (non-hydrogen) atoms. The van der Waals surface area contributed by atoms with Crippen LogP contribution in [0, 0.1) is 0 Å². The molecule has 0 aliphatic carbocycles. The van der Waals surface area contributed by atoms with Crippen LogP contribution >= 0.6 is 0 Å². The average Bonchev–Trinajstić information content (AvgIpc) is 2.90. The number of halogens is 3. The molecule has 0 atom stereocenters. The number of pyridine rings is 1. The minimum Gasteiger partial charge on any atom is -0.457 e. The molecule has 0 bridgehead atoms. The molecule has 0 saturated carbocycles. The Morgan fingerprint density at radius 1 is 0.694 bits per heavy atom. The normalized spacial score (nSPS) is 11.2. The number of rotatable bonds is 6. The first kappa shape index (κ1) is 23.0. The second kappa shape index (κ2) is 9.87. The largest absolute Gasteiger partial charge is 0.457 e. The zero-order chi connectivity index (χ0) is 25.0. The number of ether oxygens (including phenoxy) is 1. The van der Waals surface area contributed by atoms with E-state index in [1.165, 1.54) is 6.07 Å². The second-order valence-electron chi connectivity index (χ2n) is 7.85. The number of hydrogen-bond donors (Lipinski definition) is 1. The molecule has 0 unspecified atom stereocenters. The van der Waals surface area contributed by atoms with E-state index in [4.69, 9.17) is 4.74 Å². The molecule has 0 amide bonds. The van der Waals surface area contributed by atoms with Gasteiger partial charge in [-0.3, -0.25) is 4.98 Å². The van der Waals surface area contributed by atoms with Gasteiger partial charge in [-0.05, 0) is 60.7 Å². The number of anilines is 2. The van der Waals surface area contributed by atoms with Gasteiger partial charge in [0.15, 0.2) is 5.82 Å². The Morgan fingerprint density at radius 2 is 1.44 bits per heavy atom. The molecule has 0 aliphatic heterocycles. The Kier molecular flexibility index (Phi) is 6.32. The first-order valence-electron chi connectivity index (χ1n) is 11.0. The van der Waals surface area contributed by atoms with Crippen LogP contribution in [-0.4, -0.2) is 15.0 Å². The molecule has 1 N–H and O–H groups in total. The molecule has 5 aromatic rings. The zero-order valence-electron chi connectivity index (χ0n) is 18.8. The van der Waals surface area contributed by atoms with Gasteiger partial charge in [-0.1, -0.05) is 30.3 Å². The third-order valence-electron chi connectivity index (χ3n) is 5.24. The summed E-state index contributed by atoms with van der Waals surface area (Å²) in [4.78, 5) is 13.2. The number of aromatic nitrogens is 3. The second-order valence-corrected chi connectivity index (χ2v) is 7.85. The minimum absolute atomic E-state index is 0.326. The molecule has 0 saturated heterocycles. The first-order chi connectivity index (χ1) is 17.4. The molecule has 0 radical (unpaired) electrons. The Morgan fingerprint density at radius 3 is 2.17 bits per heavy atom. The van der Waals surface area contributed by atoms with Crippen molar-refractivity contribution in [1.82, 2.24) is 15.0 Å². The van der Waals surface area contributed by atoms with Crippen molar-refractivity contribution < 1.29 is 17.9 Å². The molecule has 3 aromatic carbocycles. The van der Waals surface area contributed by atoms with Crippen LogP contribution < -0.4 is 10.1 Å². The number of para-hydroxylation sites is 1. The number of nitrogens with zero attached hydrogens (tertiary/aromatic N) is 3. The van der Waals surface area contributed by atoms with Crippen molar-refractivity contribution in [3.05, 3.63) is 115 Å². The lowest BCUT2D eigenvalue weighted by Crippen LogP contribution is -2.05. The third-order valence-corrected chi connectivity index (χ3v) is 5.24. The summed E-state index contributed by atoms with van der Waals surface area (Å²) in [6, 6.07) is 26.9. The Bertz CT molecular complexity index is 1460. The first-order valence-corrected chi connectivity index (χ1v) is 11.0. The molecule has 0 spiro atoms. The molecule has 0 aliphatic rings. The lowest BCUT2D eigenvalue weighted by Gasteiger charge is -2.12.